The molecule has 0 amide bonds. The van der Waals surface area contributed by atoms with E-state index in [1.165, 1.54) is 19.1 Å². The molecule has 1 aromatic carbocycles. The summed E-state index contributed by atoms with van der Waals surface area (Å²) in [4.78, 5) is 11.4. The summed E-state index contributed by atoms with van der Waals surface area (Å²) < 4.78 is 15.5. The molecule has 0 fully saturated rings. The summed E-state index contributed by atoms with van der Waals surface area (Å²) in [6, 6.07) is 4.48. The Balaban J connectivity index is 2.91. The van der Waals surface area contributed by atoms with E-state index in [2.05, 4.69) is 15.9 Å². The molecule has 78 valence electrons. The van der Waals surface area contributed by atoms with Crippen LogP contribution in [0.4, 0.5) is 4.39 Å². The summed E-state index contributed by atoms with van der Waals surface area (Å²) in [7, 11) is 1.79. The van der Waals surface area contributed by atoms with Gasteiger partial charge < -0.3 is 4.57 Å². The molecule has 0 aliphatic carbocycles. The van der Waals surface area contributed by atoms with Crippen molar-refractivity contribution in [2.24, 2.45) is 7.05 Å². The van der Waals surface area contributed by atoms with Crippen molar-refractivity contribution in [3.8, 4) is 0 Å². The summed E-state index contributed by atoms with van der Waals surface area (Å²) in [5.41, 5.74) is 1.41. The third kappa shape index (κ3) is 1.49. The predicted octanol–water partition coefficient (Wildman–Crippen LogP) is 3.28. The second kappa shape index (κ2) is 3.45. The van der Waals surface area contributed by atoms with Crippen LogP contribution >= 0.6 is 15.9 Å². The summed E-state index contributed by atoms with van der Waals surface area (Å²) in [6.45, 7) is 1.50. The Morgan fingerprint density at radius 2 is 2.13 bits per heavy atom. The van der Waals surface area contributed by atoms with Crippen molar-refractivity contribution in [2.75, 3.05) is 0 Å². The fraction of sp³-hybridized carbons (Fsp3) is 0.182. The van der Waals surface area contributed by atoms with Gasteiger partial charge in [0.1, 0.15) is 5.82 Å². The molecular weight excluding hydrogens is 261 g/mol. The second-order valence-electron chi connectivity index (χ2n) is 3.44. The largest absolute Gasteiger partial charge is 0.340 e. The second-order valence-corrected chi connectivity index (χ2v) is 4.23. The molecule has 0 aliphatic heterocycles. The van der Waals surface area contributed by atoms with Crippen LogP contribution in [-0.2, 0) is 7.05 Å². The highest BCUT2D eigenvalue weighted by atomic mass is 79.9. The maximum absolute atomic E-state index is 13.0. The Morgan fingerprint density at radius 3 is 2.73 bits per heavy atom. The highest BCUT2D eigenvalue weighted by Crippen LogP contribution is 2.30. The first kappa shape index (κ1) is 10.4. The van der Waals surface area contributed by atoms with Crippen molar-refractivity contribution < 1.29 is 9.18 Å². The average molecular weight is 270 g/mol. The van der Waals surface area contributed by atoms with Gasteiger partial charge in [0.25, 0.3) is 0 Å². The molecule has 15 heavy (non-hydrogen) atoms. The number of Topliss-reactive ketones (excluding diaryl/α,β-unsaturated/α-hetero) is 1. The maximum atomic E-state index is 13.0. The van der Waals surface area contributed by atoms with E-state index >= 15 is 0 Å². The molecule has 0 bridgehead atoms. The Kier molecular flexibility index (Phi) is 2.38. The van der Waals surface area contributed by atoms with Gasteiger partial charge in [-0.3, -0.25) is 4.79 Å². The number of aromatic nitrogens is 1. The van der Waals surface area contributed by atoms with Crippen LogP contribution in [-0.4, -0.2) is 10.4 Å². The lowest BCUT2D eigenvalue weighted by Gasteiger charge is -1.99. The highest BCUT2D eigenvalue weighted by molar-refractivity contribution is 9.10. The summed E-state index contributed by atoms with van der Waals surface area (Å²) in [5, 5.41) is 0.725. The summed E-state index contributed by atoms with van der Waals surface area (Å²) >= 11 is 3.33. The van der Waals surface area contributed by atoms with Crippen LogP contribution in [0.5, 0.6) is 0 Å². The molecule has 0 aliphatic rings. The van der Waals surface area contributed by atoms with Crippen LogP contribution in [0, 0.1) is 5.82 Å². The molecule has 1 aromatic heterocycles. The SMILES string of the molecule is CC(=O)c1c(Br)c2cc(F)ccc2n1C. The van der Waals surface area contributed by atoms with Gasteiger partial charge in [-0.25, -0.2) is 4.39 Å². The number of rotatable bonds is 1. The zero-order valence-corrected chi connectivity index (χ0v) is 9.93. The first-order valence-corrected chi connectivity index (χ1v) is 5.26. The van der Waals surface area contributed by atoms with Crippen molar-refractivity contribution >= 4 is 32.6 Å². The van der Waals surface area contributed by atoms with E-state index < -0.39 is 0 Å². The van der Waals surface area contributed by atoms with Crippen molar-refractivity contribution in [1.82, 2.24) is 4.57 Å². The van der Waals surface area contributed by atoms with Crippen LogP contribution in [0.3, 0.4) is 0 Å². The summed E-state index contributed by atoms with van der Waals surface area (Å²) in [5.74, 6) is -0.343. The maximum Gasteiger partial charge on any atom is 0.177 e. The van der Waals surface area contributed by atoms with E-state index in [0.29, 0.717) is 10.2 Å². The molecule has 0 saturated heterocycles. The average Bonchev–Trinajstić information content (AvgIpc) is 2.39. The van der Waals surface area contributed by atoms with E-state index in [0.717, 1.165) is 10.9 Å². The number of carbonyl (C=O) groups is 1. The van der Waals surface area contributed by atoms with Gasteiger partial charge in [0.15, 0.2) is 5.78 Å². The highest BCUT2D eigenvalue weighted by Gasteiger charge is 2.16. The standard InChI is InChI=1S/C11H9BrFNO/c1-6(15)11-10(12)8-5-7(13)3-4-9(8)14(11)2/h3-5H,1-2H3. The fourth-order valence-electron chi connectivity index (χ4n) is 1.76. The Morgan fingerprint density at radius 1 is 1.47 bits per heavy atom. The minimum atomic E-state index is -0.302. The van der Waals surface area contributed by atoms with Gasteiger partial charge in [0.2, 0.25) is 0 Å². The minimum absolute atomic E-state index is 0.0408. The number of hydrogen-bond donors (Lipinski definition) is 0. The first-order valence-electron chi connectivity index (χ1n) is 4.46. The number of benzene rings is 1. The van der Waals surface area contributed by atoms with Crippen molar-refractivity contribution in [3.63, 3.8) is 0 Å². The van der Waals surface area contributed by atoms with E-state index in [4.69, 9.17) is 0 Å². The van der Waals surface area contributed by atoms with Crippen molar-refractivity contribution in [1.29, 1.82) is 0 Å². The molecule has 0 N–H and O–H groups in total. The van der Waals surface area contributed by atoms with Gasteiger partial charge in [-0.2, -0.15) is 0 Å². The van der Waals surface area contributed by atoms with Crippen LogP contribution in [0.1, 0.15) is 17.4 Å². The molecule has 0 radical (unpaired) electrons. The molecule has 0 spiro atoms. The number of carbonyl (C=O) groups excluding carboxylic acids is 1. The molecule has 2 aromatic rings. The van der Waals surface area contributed by atoms with Gasteiger partial charge in [0, 0.05) is 24.9 Å². The molecule has 0 saturated carbocycles. The topological polar surface area (TPSA) is 22.0 Å². The van der Waals surface area contributed by atoms with Crippen LogP contribution in [0.25, 0.3) is 10.9 Å². The molecule has 0 atom stereocenters. The van der Waals surface area contributed by atoms with Gasteiger partial charge in [-0.05, 0) is 34.1 Å². The van der Waals surface area contributed by atoms with Crippen LogP contribution in [0.15, 0.2) is 22.7 Å². The van der Waals surface area contributed by atoms with Gasteiger partial charge in [-0.15, -0.1) is 0 Å². The van der Waals surface area contributed by atoms with Crippen LogP contribution in [0.2, 0.25) is 0 Å². The summed E-state index contributed by atoms with van der Waals surface area (Å²) in [6.07, 6.45) is 0. The molecule has 0 unspecified atom stereocenters. The number of hydrogen-bond acceptors (Lipinski definition) is 1. The van der Waals surface area contributed by atoms with E-state index in [9.17, 15) is 9.18 Å². The van der Waals surface area contributed by atoms with E-state index in [1.807, 2.05) is 0 Å². The Bertz CT molecular complexity index is 559. The fourth-order valence-corrected chi connectivity index (χ4v) is 2.63. The zero-order valence-electron chi connectivity index (χ0n) is 8.34. The first-order chi connectivity index (χ1) is 7.02. The smallest absolute Gasteiger partial charge is 0.177 e. The third-order valence-corrected chi connectivity index (χ3v) is 3.24. The lowest BCUT2D eigenvalue weighted by Crippen LogP contribution is -2.01. The van der Waals surface area contributed by atoms with Crippen molar-refractivity contribution in [3.05, 3.63) is 34.2 Å². The molecule has 2 nitrogen and oxygen atoms in total. The van der Waals surface area contributed by atoms with Crippen molar-refractivity contribution in [2.45, 2.75) is 6.92 Å². The number of fused-ring (bicyclic) bond motifs is 1. The zero-order chi connectivity index (χ0) is 11.2. The number of aryl methyl sites for hydroxylation is 1. The molecular formula is C11H9BrFNO. The normalized spacial score (nSPS) is 10.9. The lowest BCUT2D eigenvalue weighted by molar-refractivity contribution is 0.101. The number of ketones is 1. The van der Waals surface area contributed by atoms with E-state index in [1.54, 1.807) is 17.7 Å². The third-order valence-electron chi connectivity index (χ3n) is 2.43. The van der Waals surface area contributed by atoms with Crippen LogP contribution < -0.4 is 0 Å². The van der Waals surface area contributed by atoms with Gasteiger partial charge in [0.05, 0.1) is 10.2 Å². The number of nitrogens with zero attached hydrogens (tertiary/aromatic N) is 1. The Hall–Kier alpha value is -1.16. The molecule has 1 heterocycles. The minimum Gasteiger partial charge on any atom is -0.340 e. The number of halogens is 2. The lowest BCUT2D eigenvalue weighted by atomic mass is 10.2. The molecule has 4 heteroatoms. The molecule has 2 rings (SSSR count). The Labute approximate surface area is 94.8 Å². The van der Waals surface area contributed by atoms with Gasteiger partial charge >= 0.3 is 0 Å². The van der Waals surface area contributed by atoms with Gasteiger partial charge in [-0.1, -0.05) is 0 Å². The quantitative estimate of drug-likeness (QED) is 0.729. The predicted molar refractivity (Wildman–Crippen MR) is 60.6 cm³/mol. The monoisotopic (exact) mass is 269 g/mol. The van der Waals surface area contributed by atoms with E-state index in [-0.39, 0.29) is 11.6 Å².